The van der Waals surface area contributed by atoms with E-state index in [0.29, 0.717) is 0 Å². The molecule has 0 atom stereocenters. The van der Waals surface area contributed by atoms with Crippen LogP contribution in [0, 0.1) is 0 Å². The zero-order valence-corrected chi connectivity index (χ0v) is 9.46. The predicted molar refractivity (Wildman–Crippen MR) is 58.2 cm³/mol. The summed E-state index contributed by atoms with van der Waals surface area (Å²) in [6, 6.07) is 0. The van der Waals surface area contributed by atoms with Crippen molar-refractivity contribution in [1.82, 2.24) is 9.80 Å². The minimum Gasteiger partial charge on any atom is -0.342 e. The van der Waals surface area contributed by atoms with Crippen LogP contribution in [0.4, 0.5) is 0 Å². The number of piperidine rings is 1. The van der Waals surface area contributed by atoms with Gasteiger partial charge in [-0.1, -0.05) is 6.42 Å². The lowest BCUT2D eigenvalue weighted by molar-refractivity contribution is -0.128. The van der Waals surface area contributed by atoms with Crippen molar-refractivity contribution < 1.29 is 4.79 Å². The second-order valence-electron chi connectivity index (χ2n) is 4.00. The number of rotatable bonds is 4. The second-order valence-corrected chi connectivity index (χ2v) is 4.00. The first-order valence-corrected chi connectivity index (χ1v) is 5.72. The Bertz CT molecular complexity index is 176. The molecule has 0 bridgehead atoms. The van der Waals surface area contributed by atoms with Crippen LogP contribution >= 0.6 is 0 Å². The molecule has 0 unspecified atom stereocenters. The van der Waals surface area contributed by atoms with Crippen molar-refractivity contribution in [3.05, 3.63) is 0 Å². The summed E-state index contributed by atoms with van der Waals surface area (Å²) in [5.74, 6) is 0.199. The van der Waals surface area contributed by atoms with Gasteiger partial charge in [-0.05, 0) is 32.9 Å². The quantitative estimate of drug-likeness (QED) is 0.680. The van der Waals surface area contributed by atoms with Crippen molar-refractivity contribution in [2.75, 3.05) is 32.7 Å². The molecule has 3 nitrogen and oxygen atoms in total. The Morgan fingerprint density at radius 2 is 1.93 bits per heavy atom. The van der Waals surface area contributed by atoms with Crippen LogP contribution in [0.3, 0.4) is 0 Å². The van der Waals surface area contributed by atoms with Crippen LogP contribution in [0.1, 0.15) is 33.1 Å². The molecule has 1 heterocycles. The van der Waals surface area contributed by atoms with Gasteiger partial charge in [0, 0.05) is 26.6 Å². The lowest BCUT2D eigenvalue weighted by Gasteiger charge is -2.29. The van der Waals surface area contributed by atoms with Crippen LogP contribution in [0.25, 0.3) is 0 Å². The number of nitrogens with zero attached hydrogens (tertiary/aromatic N) is 2. The molecule has 1 saturated heterocycles. The van der Waals surface area contributed by atoms with Gasteiger partial charge in [-0.15, -0.1) is 0 Å². The highest BCUT2D eigenvalue weighted by Crippen LogP contribution is 2.08. The maximum absolute atomic E-state index is 11.2. The summed E-state index contributed by atoms with van der Waals surface area (Å²) in [5, 5.41) is 0. The first-order chi connectivity index (χ1) is 6.74. The zero-order valence-electron chi connectivity index (χ0n) is 9.46. The van der Waals surface area contributed by atoms with E-state index in [-0.39, 0.29) is 5.91 Å². The zero-order chi connectivity index (χ0) is 10.4. The van der Waals surface area contributed by atoms with Crippen LogP contribution in [-0.4, -0.2) is 48.4 Å². The molecular weight excluding hydrogens is 176 g/mol. The fourth-order valence-corrected chi connectivity index (χ4v) is 1.98. The topological polar surface area (TPSA) is 23.6 Å². The third kappa shape index (κ3) is 3.66. The molecule has 0 aliphatic carbocycles. The molecule has 0 N–H and O–H groups in total. The van der Waals surface area contributed by atoms with Crippen LogP contribution in [0.15, 0.2) is 0 Å². The van der Waals surface area contributed by atoms with Crippen molar-refractivity contribution in [2.24, 2.45) is 0 Å². The monoisotopic (exact) mass is 198 g/mol. The van der Waals surface area contributed by atoms with Gasteiger partial charge in [-0.2, -0.15) is 0 Å². The smallest absolute Gasteiger partial charge is 0.219 e. The van der Waals surface area contributed by atoms with E-state index >= 15 is 0 Å². The van der Waals surface area contributed by atoms with E-state index in [1.807, 2.05) is 11.8 Å². The first kappa shape index (κ1) is 11.5. The Balaban J connectivity index is 2.20. The number of amides is 1. The van der Waals surface area contributed by atoms with E-state index in [1.165, 1.54) is 32.4 Å². The van der Waals surface area contributed by atoms with Crippen molar-refractivity contribution in [3.63, 3.8) is 0 Å². The Morgan fingerprint density at radius 3 is 2.43 bits per heavy atom. The van der Waals surface area contributed by atoms with Crippen molar-refractivity contribution in [3.8, 4) is 0 Å². The van der Waals surface area contributed by atoms with Crippen molar-refractivity contribution >= 4 is 5.91 Å². The number of likely N-dealkylation sites (N-methyl/N-ethyl adjacent to an activating group) is 1. The molecule has 1 amide bonds. The molecule has 3 heteroatoms. The van der Waals surface area contributed by atoms with Gasteiger partial charge < -0.3 is 9.80 Å². The first-order valence-electron chi connectivity index (χ1n) is 5.72. The van der Waals surface area contributed by atoms with E-state index < -0.39 is 0 Å². The lowest BCUT2D eigenvalue weighted by Crippen LogP contribution is -2.39. The highest BCUT2D eigenvalue weighted by Gasteiger charge is 2.12. The highest BCUT2D eigenvalue weighted by molar-refractivity contribution is 5.73. The summed E-state index contributed by atoms with van der Waals surface area (Å²) in [7, 11) is 0. The SMILES string of the molecule is CCN(CCN1CCCCC1)C(C)=O. The summed E-state index contributed by atoms with van der Waals surface area (Å²) in [5.41, 5.74) is 0. The number of hydrogen-bond acceptors (Lipinski definition) is 2. The minimum absolute atomic E-state index is 0.199. The van der Waals surface area contributed by atoms with Gasteiger partial charge in [-0.3, -0.25) is 4.79 Å². The molecule has 0 saturated carbocycles. The summed E-state index contributed by atoms with van der Waals surface area (Å²) in [4.78, 5) is 15.5. The van der Waals surface area contributed by atoms with Crippen LogP contribution in [-0.2, 0) is 4.79 Å². The van der Waals surface area contributed by atoms with Crippen molar-refractivity contribution in [2.45, 2.75) is 33.1 Å². The molecule has 1 fully saturated rings. The number of carbonyl (C=O) groups is 1. The lowest BCUT2D eigenvalue weighted by atomic mass is 10.1. The van der Waals surface area contributed by atoms with Crippen molar-refractivity contribution in [1.29, 1.82) is 0 Å². The average molecular weight is 198 g/mol. The standard InChI is InChI=1S/C11H22N2O/c1-3-13(11(2)14)10-9-12-7-5-4-6-8-12/h3-10H2,1-2H3. The molecule has 14 heavy (non-hydrogen) atoms. The summed E-state index contributed by atoms with van der Waals surface area (Å²) in [6.45, 7) is 8.91. The number of likely N-dealkylation sites (tertiary alicyclic amines) is 1. The highest BCUT2D eigenvalue weighted by atomic mass is 16.2. The fraction of sp³-hybridized carbons (Fsp3) is 0.909. The summed E-state index contributed by atoms with van der Waals surface area (Å²) in [6.07, 6.45) is 4.03. The van der Waals surface area contributed by atoms with Gasteiger partial charge in [0.1, 0.15) is 0 Å². The average Bonchev–Trinajstić information content (AvgIpc) is 2.20. The van der Waals surface area contributed by atoms with Crippen LogP contribution in [0.5, 0.6) is 0 Å². The normalized spacial score (nSPS) is 18.1. The molecule has 1 rings (SSSR count). The van der Waals surface area contributed by atoms with Crippen LogP contribution < -0.4 is 0 Å². The Kier molecular flexibility index (Phi) is 4.94. The van der Waals surface area contributed by atoms with Gasteiger partial charge in [0.25, 0.3) is 0 Å². The Labute approximate surface area is 87.1 Å². The van der Waals surface area contributed by atoms with Gasteiger partial charge >= 0.3 is 0 Å². The minimum atomic E-state index is 0.199. The molecule has 0 aromatic carbocycles. The second kappa shape index (κ2) is 6.02. The van der Waals surface area contributed by atoms with E-state index in [1.54, 1.807) is 6.92 Å². The molecular formula is C11H22N2O. The van der Waals surface area contributed by atoms with E-state index in [2.05, 4.69) is 4.90 Å². The molecule has 0 radical (unpaired) electrons. The largest absolute Gasteiger partial charge is 0.342 e. The molecule has 1 aliphatic rings. The van der Waals surface area contributed by atoms with Gasteiger partial charge in [0.05, 0.1) is 0 Å². The molecule has 0 aromatic heterocycles. The molecule has 82 valence electrons. The molecule has 1 aliphatic heterocycles. The summed E-state index contributed by atoms with van der Waals surface area (Å²) >= 11 is 0. The summed E-state index contributed by atoms with van der Waals surface area (Å²) < 4.78 is 0. The third-order valence-electron chi connectivity index (χ3n) is 2.96. The Hall–Kier alpha value is -0.570. The third-order valence-corrected chi connectivity index (χ3v) is 2.96. The molecule has 0 spiro atoms. The van der Waals surface area contributed by atoms with E-state index in [4.69, 9.17) is 0 Å². The van der Waals surface area contributed by atoms with Crippen LogP contribution in [0.2, 0.25) is 0 Å². The van der Waals surface area contributed by atoms with Gasteiger partial charge in [-0.25, -0.2) is 0 Å². The maximum Gasteiger partial charge on any atom is 0.219 e. The predicted octanol–water partition coefficient (Wildman–Crippen LogP) is 1.34. The maximum atomic E-state index is 11.2. The van der Waals surface area contributed by atoms with E-state index in [0.717, 1.165) is 19.6 Å². The Morgan fingerprint density at radius 1 is 1.29 bits per heavy atom. The van der Waals surface area contributed by atoms with Gasteiger partial charge in [0.2, 0.25) is 5.91 Å². The van der Waals surface area contributed by atoms with E-state index in [9.17, 15) is 4.79 Å². The number of carbonyl (C=O) groups excluding carboxylic acids is 1. The fourth-order valence-electron chi connectivity index (χ4n) is 1.98. The molecule has 0 aromatic rings. The van der Waals surface area contributed by atoms with Gasteiger partial charge in [0.15, 0.2) is 0 Å². The number of hydrogen-bond donors (Lipinski definition) is 0.